The number of thiazole rings is 1. The van der Waals surface area contributed by atoms with E-state index < -0.39 is 0 Å². The van der Waals surface area contributed by atoms with E-state index in [0.717, 1.165) is 42.2 Å². The highest BCUT2D eigenvalue weighted by Crippen LogP contribution is 2.25. The second-order valence-electron chi connectivity index (χ2n) is 4.51. The highest BCUT2D eigenvalue weighted by atomic mass is 32.1. The molecule has 0 amide bonds. The summed E-state index contributed by atoms with van der Waals surface area (Å²) in [5.41, 5.74) is 2.30. The Hall–Kier alpha value is -0.850. The standard InChI is InChI=1S/C13H20N4S2/c1-4-6-11-13(19-17-16-11)12(14-5-2)7-10-8-18-9(3)15-10/h8,12,14H,4-7H2,1-3H3. The predicted molar refractivity (Wildman–Crippen MR) is 80.9 cm³/mol. The zero-order chi connectivity index (χ0) is 13.7. The van der Waals surface area contributed by atoms with Gasteiger partial charge in [0.2, 0.25) is 0 Å². The van der Waals surface area contributed by atoms with Crippen LogP contribution in [0.2, 0.25) is 0 Å². The Balaban J connectivity index is 2.16. The van der Waals surface area contributed by atoms with Gasteiger partial charge in [-0.05, 0) is 31.4 Å². The summed E-state index contributed by atoms with van der Waals surface area (Å²) in [7, 11) is 0. The van der Waals surface area contributed by atoms with Crippen LogP contribution in [0, 0.1) is 6.92 Å². The fourth-order valence-electron chi connectivity index (χ4n) is 2.11. The van der Waals surface area contributed by atoms with Gasteiger partial charge in [-0.15, -0.1) is 16.4 Å². The lowest BCUT2D eigenvalue weighted by atomic mass is 10.1. The molecule has 2 aromatic heterocycles. The van der Waals surface area contributed by atoms with E-state index >= 15 is 0 Å². The van der Waals surface area contributed by atoms with Crippen molar-refractivity contribution in [3.63, 3.8) is 0 Å². The largest absolute Gasteiger partial charge is 0.309 e. The first kappa shape index (κ1) is 14.6. The number of aromatic nitrogens is 3. The zero-order valence-electron chi connectivity index (χ0n) is 11.6. The summed E-state index contributed by atoms with van der Waals surface area (Å²) >= 11 is 3.23. The SMILES string of the molecule is CCCc1nnsc1C(Cc1csc(C)n1)NCC. The van der Waals surface area contributed by atoms with Gasteiger partial charge < -0.3 is 5.32 Å². The highest BCUT2D eigenvalue weighted by Gasteiger charge is 2.19. The van der Waals surface area contributed by atoms with Crippen molar-refractivity contribution in [2.24, 2.45) is 0 Å². The van der Waals surface area contributed by atoms with Crippen molar-refractivity contribution < 1.29 is 0 Å². The minimum Gasteiger partial charge on any atom is -0.309 e. The molecular formula is C13H20N4S2. The van der Waals surface area contributed by atoms with Crippen molar-refractivity contribution in [2.45, 2.75) is 46.1 Å². The summed E-state index contributed by atoms with van der Waals surface area (Å²) in [6, 6.07) is 0.285. The molecule has 2 aromatic rings. The van der Waals surface area contributed by atoms with Crippen LogP contribution >= 0.6 is 22.9 Å². The fraction of sp³-hybridized carbons (Fsp3) is 0.615. The normalized spacial score (nSPS) is 12.8. The molecule has 4 nitrogen and oxygen atoms in total. The molecule has 0 aliphatic heterocycles. The Labute approximate surface area is 122 Å². The number of aryl methyl sites for hydroxylation is 2. The molecule has 0 radical (unpaired) electrons. The van der Waals surface area contributed by atoms with Crippen LogP contribution in [-0.4, -0.2) is 21.1 Å². The topological polar surface area (TPSA) is 50.7 Å². The summed E-state index contributed by atoms with van der Waals surface area (Å²) in [6.07, 6.45) is 3.02. The molecule has 1 atom stereocenters. The second kappa shape index (κ2) is 7.07. The maximum absolute atomic E-state index is 4.56. The molecule has 0 aliphatic rings. The maximum Gasteiger partial charge on any atom is 0.0897 e. The number of rotatable bonds is 7. The van der Waals surface area contributed by atoms with Crippen molar-refractivity contribution in [2.75, 3.05) is 6.54 Å². The molecule has 0 saturated carbocycles. The molecule has 0 aromatic carbocycles. The number of hydrogen-bond acceptors (Lipinski definition) is 6. The van der Waals surface area contributed by atoms with Gasteiger partial charge in [0, 0.05) is 11.8 Å². The lowest BCUT2D eigenvalue weighted by Crippen LogP contribution is -2.23. The minimum absolute atomic E-state index is 0.285. The first-order valence-corrected chi connectivity index (χ1v) is 8.35. The van der Waals surface area contributed by atoms with Crippen molar-refractivity contribution in [3.8, 4) is 0 Å². The smallest absolute Gasteiger partial charge is 0.0897 e. The third-order valence-electron chi connectivity index (χ3n) is 2.92. The maximum atomic E-state index is 4.56. The van der Waals surface area contributed by atoms with E-state index in [1.54, 1.807) is 11.3 Å². The second-order valence-corrected chi connectivity index (χ2v) is 6.35. The van der Waals surface area contributed by atoms with Crippen LogP contribution in [0.15, 0.2) is 5.38 Å². The summed E-state index contributed by atoms with van der Waals surface area (Å²) in [6.45, 7) is 7.30. The van der Waals surface area contributed by atoms with E-state index in [-0.39, 0.29) is 6.04 Å². The molecule has 0 spiro atoms. The van der Waals surface area contributed by atoms with Gasteiger partial charge in [-0.2, -0.15) is 0 Å². The number of hydrogen-bond donors (Lipinski definition) is 1. The number of nitrogens with zero attached hydrogens (tertiary/aromatic N) is 3. The molecular weight excluding hydrogens is 276 g/mol. The van der Waals surface area contributed by atoms with Gasteiger partial charge in [0.1, 0.15) is 0 Å². The third-order valence-corrected chi connectivity index (χ3v) is 4.62. The van der Waals surface area contributed by atoms with Crippen molar-refractivity contribution >= 4 is 22.9 Å². The Morgan fingerprint density at radius 3 is 2.84 bits per heavy atom. The van der Waals surface area contributed by atoms with Gasteiger partial charge in [0.05, 0.1) is 27.3 Å². The lowest BCUT2D eigenvalue weighted by Gasteiger charge is -2.15. The summed E-state index contributed by atoms with van der Waals surface area (Å²) in [5.74, 6) is 0. The number of nitrogens with one attached hydrogen (secondary N) is 1. The van der Waals surface area contributed by atoms with E-state index in [1.165, 1.54) is 16.4 Å². The zero-order valence-corrected chi connectivity index (χ0v) is 13.3. The Bertz CT molecular complexity index is 506. The number of likely N-dealkylation sites (N-methyl/N-ethyl adjacent to an activating group) is 1. The molecule has 2 heterocycles. The molecule has 0 aliphatic carbocycles. The summed E-state index contributed by atoms with van der Waals surface area (Å²) < 4.78 is 4.12. The quantitative estimate of drug-likeness (QED) is 0.853. The van der Waals surface area contributed by atoms with Crippen LogP contribution in [0.25, 0.3) is 0 Å². The van der Waals surface area contributed by atoms with Crippen molar-refractivity contribution in [3.05, 3.63) is 26.7 Å². The highest BCUT2D eigenvalue weighted by molar-refractivity contribution is 7.09. The Morgan fingerprint density at radius 1 is 1.37 bits per heavy atom. The average Bonchev–Trinajstić information content (AvgIpc) is 2.99. The molecule has 0 bridgehead atoms. The van der Waals surface area contributed by atoms with E-state index in [0.29, 0.717) is 0 Å². The van der Waals surface area contributed by atoms with E-state index in [9.17, 15) is 0 Å². The molecule has 0 fully saturated rings. The van der Waals surface area contributed by atoms with Crippen LogP contribution in [-0.2, 0) is 12.8 Å². The average molecular weight is 296 g/mol. The van der Waals surface area contributed by atoms with Gasteiger partial charge in [-0.3, -0.25) is 0 Å². The van der Waals surface area contributed by atoms with Gasteiger partial charge in [0.25, 0.3) is 0 Å². The van der Waals surface area contributed by atoms with Crippen LogP contribution in [0.5, 0.6) is 0 Å². The van der Waals surface area contributed by atoms with Crippen molar-refractivity contribution in [1.82, 2.24) is 19.9 Å². The molecule has 6 heteroatoms. The van der Waals surface area contributed by atoms with Gasteiger partial charge in [-0.25, -0.2) is 4.98 Å². The molecule has 1 N–H and O–H groups in total. The predicted octanol–water partition coefficient (Wildman–Crippen LogP) is 3.15. The van der Waals surface area contributed by atoms with E-state index in [2.05, 4.69) is 39.1 Å². The molecule has 104 valence electrons. The van der Waals surface area contributed by atoms with E-state index in [1.807, 2.05) is 6.92 Å². The van der Waals surface area contributed by atoms with Gasteiger partial charge in [-0.1, -0.05) is 24.8 Å². The summed E-state index contributed by atoms with van der Waals surface area (Å²) in [4.78, 5) is 5.83. The van der Waals surface area contributed by atoms with Gasteiger partial charge >= 0.3 is 0 Å². The monoisotopic (exact) mass is 296 g/mol. The van der Waals surface area contributed by atoms with Crippen LogP contribution in [0.4, 0.5) is 0 Å². The minimum atomic E-state index is 0.285. The first-order valence-electron chi connectivity index (χ1n) is 6.70. The summed E-state index contributed by atoms with van der Waals surface area (Å²) in [5, 5.41) is 11.1. The molecule has 1 unspecified atom stereocenters. The van der Waals surface area contributed by atoms with E-state index in [4.69, 9.17) is 0 Å². The lowest BCUT2D eigenvalue weighted by molar-refractivity contribution is 0.547. The fourth-order valence-corrected chi connectivity index (χ4v) is 3.50. The Morgan fingerprint density at radius 2 is 2.21 bits per heavy atom. The third kappa shape index (κ3) is 3.81. The Kier molecular flexibility index (Phi) is 5.42. The van der Waals surface area contributed by atoms with Gasteiger partial charge in [0.15, 0.2) is 0 Å². The molecule has 2 rings (SSSR count). The molecule has 0 saturated heterocycles. The van der Waals surface area contributed by atoms with Crippen LogP contribution in [0.1, 0.15) is 47.6 Å². The van der Waals surface area contributed by atoms with Crippen molar-refractivity contribution in [1.29, 1.82) is 0 Å². The van der Waals surface area contributed by atoms with Crippen LogP contribution < -0.4 is 5.32 Å². The molecule has 19 heavy (non-hydrogen) atoms. The van der Waals surface area contributed by atoms with Crippen LogP contribution in [0.3, 0.4) is 0 Å². The first-order chi connectivity index (χ1) is 9.24.